The van der Waals surface area contributed by atoms with Crippen LogP contribution >= 0.6 is 11.6 Å². The van der Waals surface area contributed by atoms with E-state index in [-0.39, 0.29) is 16.5 Å². The summed E-state index contributed by atoms with van der Waals surface area (Å²) in [6, 6.07) is 3.97. The number of hydrogen-bond acceptors (Lipinski definition) is 3. The molecular weight excluding hydrogens is 281 g/mol. The van der Waals surface area contributed by atoms with Crippen molar-refractivity contribution in [2.24, 2.45) is 0 Å². The molecule has 17 heavy (non-hydrogen) atoms. The summed E-state index contributed by atoms with van der Waals surface area (Å²) < 4.78 is 62.1. The second-order valence-electron chi connectivity index (χ2n) is 3.03. The minimum Gasteiger partial charge on any atom is -0.406 e. The van der Waals surface area contributed by atoms with E-state index in [1.54, 1.807) is 0 Å². The van der Waals surface area contributed by atoms with Crippen LogP contribution in [0.1, 0.15) is 0 Å². The molecule has 0 spiro atoms. The molecule has 0 amide bonds. The Morgan fingerprint density at radius 3 is 2.12 bits per heavy atom. The molecule has 0 saturated carbocycles. The van der Waals surface area contributed by atoms with Crippen LogP contribution in [0.15, 0.2) is 29.2 Å². The molecule has 0 aliphatic rings. The standard InChI is InChI=1S/C9H8ClF3O3S/c10-5-6-17(14,15)8-3-1-7(2-4-8)16-9(11,12)13/h1-4H,5-6H2. The summed E-state index contributed by atoms with van der Waals surface area (Å²) >= 11 is 5.30. The molecular formula is C9H8ClF3O3S. The van der Waals surface area contributed by atoms with Crippen LogP contribution in [-0.4, -0.2) is 26.4 Å². The van der Waals surface area contributed by atoms with Gasteiger partial charge in [0.15, 0.2) is 9.84 Å². The molecule has 0 heterocycles. The lowest BCUT2D eigenvalue weighted by Crippen LogP contribution is -2.17. The van der Waals surface area contributed by atoms with Gasteiger partial charge in [-0.3, -0.25) is 0 Å². The van der Waals surface area contributed by atoms with Gasteiger partial charge >= 0.3 is 6.36 Å². The molecule has 96 valence electrons. The van der Waals surface area contributed by atoms with Gasteiger partial charge < -0.3 is 4.74 Å². The predicted octanol–water partition coefficient (Wildman–Crippen LogP) is 2.60. The zero-order valence-electron chi connectivity index (χ0n) is 8.37. The largest absolute Gasteiger partial charge is 0.573 e. The minimum atomic E-state index is -4.80. The first-order valence-corrected chi connectivity index (χ1v) is 6.58. The van der Waals surface area contributed by atoms with Crippen molar-refractivity contribution in [3.63, 3.8) is 0 Å². The molecule has 0 radical (unpaired) electrons. The van der Waals surface area contributed by atoms with Crippen molar-refractivity contribution in [1.29, 1.82) is 0 Å². The molecule has 0 bridgehead atoms. The first-order chi connectivity index (χ1) is 7.74. The monoisotopic (exact) mass is 288 g/mol. The highest BCUT2D eigenvalue weighted by molar-refractivity contribution is 7.91. The van der Waals surface area contributed by atoms with Crippen LogP contribution in [0.4, 0.5) is 13.2 Å². The van der Waals surface area contributed by atoms with Crippen molar-refractivity contribution in [3.05, 3.63) is 24.3 Å². The van der Waals surface area contributed by atoms with Crippen LogP contribution in [0.2, 0.25) is 0 Å². The molecule has 0 atom stereocenters. The summed E-state index contributed by atoms with van der Waals surface area (Å²) in [5, 5.41) is 0. The molecule has 3 nitrogen and oxygen atoms in total. The fraction of sp³-hybridized carbons (Fsp3) is 0.333. The van der Waals surface area contributed by atoms with Gasteiger partial charge in [-0.2, -0.15) is 0 Å². The molecule has 0 saturated heterocycles. The molecule has 0 N–H and O–H groups in total. The van der Waals surface area contributed by atoms with Crippen LogP contribution < -0.4 is 4.74 Å². The lowest BCUT2D eigenvalue weighted by molar-refractivity contribution is -0.274. The molecule has 0 unspecified atom stereocenters. The third-order valence-corrected chi connectivity index (χ3v) is 3.91. The maximum Gasteiger partial charge on any atom is 0.573 e. The van der Waals surface area contributed by atoms with Gasteiger partial charge in [-0.15, -0.1) is 24.8 Å². The van der Waals surface area contributed by atoms with Gasteiger partial charge in [-0.25, -0.2) is 8.42 Å². The van der Waals surface area contributed by atoms with Gasteiger partial charge in [0.05, 0.1) is 10.6 Å². The summed E-state index contributed by atoms with van der Waals surface area (Å²) in [5.41, 5.74) is 0. The molecule has 1 rings (SSSR count). The highest BCUT2D eigenvalue weighted by Crippen LogP contribution is 2.24. The van der Waals surface area contributed by atoms with Crippen molar-refractivity contribution in [1.82, 2.24) is 0 Å². The highest BCUT2D eigenvalue weighted by atomic mass is 35.5. The SMILES string of the molecule is O=S(=O)(CCCl)c1ccc(OC(F)(F)F)cc1. The number of rotatable bonds is 4. The van der Waals surface area contributed by atoms with Gasteiger partial charge in [-0.1, -0.05) is 0 Å². The van der Waals surface area contributed by atoms with E-state index in [0.717, 1.165) is 24.3 Å². The van der Waals surface area contributed by atoms with Crippen molar-refractivity contribution in [2.45, 2.75) is 11.3 Å². The van der Waals surface area contributed by atoms with Gasteiger partial charge in [0.1, 0.15) is 5.75 Å². The fourth-order valence-corrected chi connectivity index (χ4v) is 2.67. The smallest absolute Gasteiger partial charge is 0.406 e. The first kappa shape index (κ1) is 14.1. The molecule has 0 fully saturated rings. The van der Waals surface area contributed by atoms with E-state index in [0.29, 0.717) is 0 Å². The fourth-order valence-electron chi connectivity index (χ4n) is 1.07. The number of alkyl halides is 4. The lowest BCUT2D eigenvalue weighted by atomic mass is 10.3. The molecule has 1 aromatic carbocycles. The number of hydrogen-bond donors (Lipinski definition) is 0. The van der Waals surface area contributed by atoms with Gasteiger partial charge in [0.2, 0.25) is 0 Å². The van der Waals surface area contributed by atoms with E-state index in [9.17, 15) is 21.6 Å². The third kappa shape index (κ3) is 4.43. The van der Waals surface area contributed by atoms with Gasteiger partial charge in [0, 0.05) is 5.88 Å². The number of ether oxygens (including phenoxy) is 1. The Labute approximate surface area is 101 Å². The number of benzene rings is 1. The molecule has 1 aromatic rings. The topological polar surface area (TPSA) is 43.4 Å². The van der Waals surface area contributed by atoms with E-state index in [1.165, 1.54) is 0 Å². The number of sulfone groups is 1. The van der Waals surface area contributed by atoms with Crippen LogP contribution in [0, 0.1) is 0 Å². The maximum atomic E-state index is 11.8. The Bertz CT molecular complexity index is 467. The Balaban J connectivity index is 2.89. The van der Waals surface area contributed by atoms with E-state index in [4.69, 9.17) is 11.6 Å². The summed E-state index contributed by atoms with van der Waals surface area (Å²) in [4.78, 5) is -0.0901. The summed E-state index contributed by atoms with van der Waals surface area (Å²) in [6.45, 7) is 0. The number of halogens is 4. The second kappa shape index (κ2) is 5.14. The van der Waals surface area contributed by atoms with Crippen LogP contribution in [0.5, 0.6) is 5.75 Å². The van der Waals surface area contributed by atoms with Crippen molar-refractivity contribution in [3.8, 4) is 5.75 Å². The van der Waals surface area contributed by atoms with E-state index >= 15 is 0 Å². The zero-order chi connectivity index (χ0) is 13.1. The van der Waals surface area contributed by atoms with Crippen LogP contribution in [-0.2, 0) is 9.84 Å². The summed E-state index contributed by atoms with van der Waals surface area (Å²) in [6.07, 6.45) is -4.80. The quantitative estimate of drug-likeness (QED) is 0.800. The average Bonchev–Trinajstić information content (AvgIpc) is 2.15. The predicted molar refractivity (Wildman–Crippen MR) is 55.9 cm³/mol. The molecule has 0 aliphatic heterocycles. The molecule has 0 aromatic heterocycles. The first-order valence-electron chi connectivity index (χ1n) is 4.39. The van der Waals surface area contributed by atoms with E-state index in [1.807, 2.05) is 0 Å². The minimum absolute atomic E-state index is 0.0802. The summed E-state index contributed by atoms with van der Waals surface area (Å²) in [5.74, 6) is -0.820. The third-order valence-electron chi connectivity index (χ3n) is 1.76. The van der Waals surface area contributed by atoms with E-state index in [2.05, 4.69) is 4.74 Å². The lowest BCUT2D eigenvalue weighted by Gasteiger charge is -2.09. The Morgan fingerprint density at radius 2 is 1.71 bits per heavy atom. The van der Waals surface area contributed by atoms with Crippen molar-refractivity contribution >= 4 is 21.4 Å². The highest BCUT2D eigenvalue weighted by Gasteiger charge is 2.31. The summed E-state index contributed by atoms with van der Waals surface area (Å²) in [7, 11) is -3.54. The van der Waals surface area contributed by atoms with Gasteiger partial charge in [0.25, 0.3) is 0 Å². The average molecular weight is 289 g/mol. The van der Waals surface area contributed by atoms with Gasteiger partial charge in [-0.05, 0) is 24.3 Å². The molecule has 0 aliphatic carbocycles. The Morgan fingerprint density at radius 1 is 1.18 bits per heavy atom. The van der Waals surface area contributed by atoms with Crippen molar-refractivity contribution in [2.75, 3.05) is 11.6 Å². The van der Waals surface area contributed by atoms with Crippen LogP contribution in [0.25, 0.3) is 0 Å². The Kier molecular flexibility index (Phi) is 4.26. The van der Waals surface area contributed by atoms with Crippen LogP contribution in [0.3, 0.4) is 0 Å². The second-order valence-corrected chi connectivity index (χ2v) is 5.51. The maximum absolute atomic E-state index is 11.8. The zero-order valence-corrected chi connectivity index (χ0v) is 9.94. The Hall–Kier alpha value is -0.950. The van der Waals surface area contributed by atoms with Crippen molar-refractivity contribution < 1.29 is 26.3 Å². The van der Waals surface area contributed by atoms with E-state index < -0.39 is 21.9 Å². The normalized spacial score (nSPS) is 12.5. The molecule has 8 heteroatoms.